The Kier molecular flexibility index (Phi) is 2.84. The second-order valence-electron chi connectivity index (χ2n) is 5.54. The lowest BCUT2D eigenvalue weighted by Gasteiger charge is -2.28. The number of rotatable bonds is 3. The summed E-state index contributed by atoms with van der Waals surface area (Å²) in [7, 11) is 0. The molecular weight excluding hydrogens is 229 g/mol. The van der Waals surface area contributed by atoms with Crippen LogP contribution in [-0.2, 0) is 10.2 Å². The van der Waals surface area contributed by atoms with Crippen LogP contribution in [0.5, 0.6) is 0 Å². The van der Waals surface area contributed by atoms with Crippen molar-refractivity contribution in [2.45, 2.75) is 50.0 Å². The summed E-state index contributed by atoms with van der Waals surface area (Å²) < 4.78 is 13.0. The van der Waals surface area contributed by atoms with Gasteiger partial charge in [-0.1, -0.05) is 25.0 Å². The first kappa shape index (κ1) is 11.7. The molecule has 0 atom stereocenters. The molecule has 0 aromatic heterocycles. The van der Waals surface area contributed by atoms with Crippen LogP contribution >= 0.6 is 0 Å². The van der Waals surface area contributed by atoms with Crippen molar-refractivity contribution >= 4 is 5.91 Å². The molecule has 3 heteroatoms. The molecule has 18 heavy (non-hydrogen) atoms. The zero-order valence-electron chi connectivity index (χ0n) is 10.4. The van der Waals surface area contributed by atoms with Gasteiger partial charge in [-0.15, -0.1) is 0 Å². The van der Waals surface area contributed by atoms with E-state index in [2.05, 4.69) is 5.32 Å². The van der Waals surface area contributed by atoms with Gasteiger partial charge < -0.3 is 5.32 Å². The van der Waals surface area contributed by atoms with Gasteiger partial charge in [-0.25, -0.2) is 4.39 Å². The zero-order valence-corrected chi connectivity index (χ0v) is 10.4. The maximum atomic E-state index is 13.0. The number of halogens is 1. The molecule has 2 aliphatic rings. The van der Waals surface area contributed by atoms with Crippen molar-refractivity contribution in [1.82, 2.24) is 5.32 Å². The van der Waals surface area contributed by atoms with Crippen LogP contribution in [0.1, 0.15) is 44.1 Å². The highest BCUT2D eigenvalue weighted by Crippen LogP contribution is 2.42. The summed E-state index contributed by atoms with van der Waals surface area (Å²) in [5.41, 5.74) is 0.565. The SMILES string of the molecule is O=C(NC1CC1)C1(c2ccc(F)cc2)CCCC1. The lowest BCUT2D eigenvalue weighted by Crippen LogP contribution is -2.43. The Labute approximate surface area is 107 Å². The third-order valence-corrected chi connectivity index (χ3v) is 4.20. The van der Waals surface area contributed by atoms with Gasteiger partial charge in [-0.3, -0.25) is 4.79 Å². The van der Waals surface area contributed by atoms with Crippen molar-refractivity contribution < 1.29 is 9.18 Å². The van der Waals surface area contributed by atoms with E-state index in [0.29, 0.717) is 6.04 Å². The van der Waals surface area contributed by atoms with Crippen molar-refractivity contribution in [3.8, 4) is 0 Å². The summed E-state index contributed by atoms with van der Waals surface area (Å²) >= 11 is 0. The topological polar surface area (TPSA) is 29.1 Å². The molecule has 1 amide bonds. The fraction of sp³-hybridized carbons (Fsp3) is 0.533. The molecule has 3 rings (SSSR count). The van der Waals surface area contributed by atoms with E-state index in [1.165, 1.54) is 12.1 Å². The number of amides is 1. The van der Waals surface area contributed by atoms with E-state index in [1.54, 1.807) is 12.1 Å². The predicted octanol–water partition coefficient (Wildman–Crippen LogP) is 2.92. The molecule has 2 saturated carbocycles. The minimum Gasteiger partial charge on any atom is -0.353 e. The van der Waals surface area contributed by atoms with Crippen LogP contribution in [-0.4, -0.2) is 11.9 Å². The Hall–Kier alpha value is -1.38. The van der Waals surface area contributed by atoms with Gasteiger partial charge in [-0.05, 0) is 43.4 Å². The molecule has 0 radical (unpaired) electrons. The first-order chi connectivity index (χ1) is 8.71. The van der Waals surface area contributed by atoms with Gasteiger partial charge in [0.1, 0.15) is 5.82 Å². The molecule has 0 unspecified atom stereocenters. The smallest absolute Gasteiger partial charge is 0.230 e. The molecule has 0 heterocycles. The zero-order chi connectivity index (χ0) is 12.6. The second kappa shape index (κ2) is 4.38. The van der Waals surface area contributed by atoms with Crippen LogP contribution in [0.25, 0.3) is 0 Å². The van der Waals surface area contributed by atoms with E-state index in [1.807, 2.05) is 0 Å². The van der Waals surface area contributed by atoms with Gasteiger partial charge in [0.05, 0.1) is 5.41 Å². The number of nitrogens with one attached hydrogen (secondary N) is 1. The molecular formula is C15H18FNO. The van der Waals surface area contributed by atoms with E-state index in [9.17, 15) is 9.18 Å². The maximum absolute atomic E-state index is 13.0. The van der Waals surface area contributed by atoms with Crippen LogP contribution in [0.15, 0.2) is 24.3 Å². The lowest BCUT2D eigenvalue weighted by molar-refractivity contribution is -0.126. The molecule has 2 nitrogen and oxygen atoms in total. The van der Waals surface area contributed by atoms with E-state index in [0.717, 1.165) is 44.1 Å². The van der Waals surface area contributed by atoms with Crippen molar-refractivity contribution in [2.24, 2.45) is 0 Å². The molecule has 2 aliphatic carbocycles. The lowest BCUT2D eigenvalue weighted by atomic mass is 9.78. The molecule has 96 valence electrons. The maximum Gasteiger partial charge on any atom is 0.230 e. The minimum atomic E-state index is -0.406. The quantitative estimate of drug-likeness (QED) is 0.874. The summed E-state index contributed by atoms with van der Waals surface area (Å²) in [6.45, 7) is 0. The third-order valence-electron chi connectivity index (χ3n) is 4.20. The van der Waals surface area contributed by atoms with Gasteiger partial charge in [0, 0.05) is 6.04 Å². The van der Waals surface area contributed by atoms with Crippen molar-refractivity contribution in [1.29, 1.82) is 0 Å². The molecule has 1 aromatic carbocycles. The molecule has 0 aliphatic heterocycles. The number of benzene rings is 1. The summed E-state index contributed by atoms with van der Waals surface area (Å²) in [5.74, 6) is -0.0939. The number of hydrogen-bond donors (Lipinski definition) is 1. The van der Waals surface area contributed by atoms with Gasteiger partial charge in [-0.2, -0.15) is 0 Å². The van der Waals surface area contributed by atoms with Crippen LogP contribution < -0.4 is 5.32 Å². The molecule has 0 spiro atoms. The predicted molar refractivity (Wildman–Crippen MR) is 67.7 cm³/mol. The first-order valence-corrected chi connectivity index (χ1v) is 6.78. The third kappa shape index (κ3) is 2.02. The number of hydrogen-bond acceptors (Lipinski definition) is 1. The van der Waals surface area contributed by atoms with Gasteiger partial charge in [0.2, 0.25) is 5.91 Å². The summed E-state index contributed by atoms with van der Waals surface area (Å²) in [6.07, 6.45) is 6.13. The fourth-order valence-corrected chi connectivity index (χ4v) is 2.95. The van der Waals surface area contributed by atoms with Crippen molar-refractivity contribution in [3.63, 3.8) is 0 Å². The monoisotopic (exact) mass is 247 g/mol. The molecule has 0 bridgehead atoms. The molecule has 1 N–H and O–H groups in total. The molecule has 0 saturated heterocycles. The standard InChI is InChI=1S/C15H18FNO/c16-12-5-3-11(4-6-12)15(9-1-2-10-15)14(18)17-13-7-8-13/h3-6,13H,1-2,7-10H2,(H,17,18). The molecule has 2 fully saturated rings. The van der Waals surface area contributed by atoms with E-state index in [-0.39, 0.29) is 11.7 Å². The Morgan fingerprint density at radius 2 is 1.78 bits per heavy atom. The van der Waals surface area contributed by atoms with E-state index in [4.69, 9.17) is 0 Å². The Balaban J connectivity index is 1.89. The van der Waals surface area contributed by atoms with E-state index < -0.39 is 5.41 Å². The first-order valence-electron chi connectivity index (χ1n) is 6.78. The average Bonchev–Trinajstić information content (AvgIpc) is 3.04. The summed E-state index contributed by atoms with van der Waals surface area (Å²) in [5, 5.41) is 3.12. The summed E-state index contributed by atoms with van der Waals surface area (Å²) in [6, 6.07) is 6.84. The highest BCUT2D eigenvalue weighted by molar-refractivity contribution is 5.89. The normalized spacial score (nSPS) is 21.8. The highest BCUT2D eigenvalue weighted by atomic mass is 19.1. The van der Waals surface area contributed by atoms with Crippen LogP contribution in [0, 0.1) is 5.82 Å². The van der Waals surface area contributed by atoms with Gasteiger partial charge in [0.25, 0.3) is 0 Å². The van der Waals surface area contributed by atoms with Crippen LogP contribution in [0.2, 0.25) is 0 Å². The highest BCUT2D eigenvalue weighted by Gasteiger charge is 2.44. The Morgan fingerprint density at radius 3 is 2.33 bits per heavy atom. The minimum absolute atomic E-state index is 0.147. The van der Waals surface area contributed by atoms with E-state index >= 15 is 0 Å². The van der Waals surface area contributed by atoms with Crippen LogP contribution in [0.4, 0.5) is 4.39 Å². The fourth-order valence-electron chi connectivity index (χ4n) is 2.95. The van der Waals surface area contributed by atoms with Crippen LogP contribution in [0.3, 0.4) is 0 Å². The number of carbonyl (C=O) groups is 1. The van der Waals surface area contributed by atoms with Gasteiger partial charge in [0.15, 0.2) is 0 Å². The summed E-state index contributed by atoms with van der Waals surface area (Å²) in [4.78, 5) is 12.5. The van der Waals surface area contributed by atoms with Crippen molar-refractivity contribution in [2.75, 3.05) is 0 Å². The largest absolute Gasteiger partial charge is 0.353 e. The number of carbonyl (C=O) groups excluding carboxylic acids is 1. The second-order valence-corrected chi connectivity index (χ2v) is 5.54. The average molecular weight is 247 g/mol. The Bertz CT molecular complexity index is 444. The Morgan fingerprint density at radius 1 is 1.17 bits per heavy atom. The van der Waals surface area contributed by atoms with Gasteiger partial charge >= 0.3 is 0 Å². The van der Waals surface area contributed by atoms with Crippen molar-refractivity contribution in [3.05, 3.63) is 35.6 Å². The molecule has 1 aromatic rings.